The molecular weight excluding hydrogens is 434 g/mol. The number of rotatable bonds is 3. The Morgan fingerprint density at radius 1 is 1.00 bits per heavy atom. The smallest absolute Gasteiger partial charge is 0.177 e. The van der Waals surface area contributed by atoms with Gasteiger partial charge in [0, 0.05) is 35.9 Å². The van der Waals surface area contributed by atoms with Crippen LogP contribution in [0.4, 0.5) is 14.5 Å². The zero-order valence-electron chi connectivity index (χ0n) is 16.1. The molecule has 11 heteroatoms. The molecule has 0 aliphatic heterocycles. The van der Waals surface area contributed by atoms with E-state index in [9.17, 15) is 4.39 Å². The third-order valence-electron chi connectivity index (χ3n) is 5.03. The van der Waals surface area contributed by atoms with Crippen LogP contribution in [0.2, 0.25) is 0 Å². The summed E-state index contributed by atoms with van der Waals surface area (Å²) in [5.41, 5.74) is 9.23. The number of thiophene rings is 1. The van der Waals surface area contributed by atoms with Gasteiger partial charge >= 0.3 is 0 Å². The first kappa shape index (κ1) is 18.5. The Hall–Kier alpha value is -4.25. The maximum absolute atomic E-state index is 15.6. The Morgan fingerprint density at radius 3 is 2.72 bits per heavy atom. The van der Waals surface area contributed by atoms with Crippen LogP contribution in [0.1, 0.15) is 0 Å². The maximum atomic E-state index is 15.6. The summed E-state index contributed by atoms with van der Waals surface area (Å²) in [6.45, 7) is 0. The maximum Gasteiger partial charge on any atom is 0.177 e. The predicted octanol–water partition coefficient (Wildman–Crippen LogP) is 4.55. The number of hydrogen-bond acceptors (Lipinski definition) is 7. The number of pyridine rings is 3. The molecule has 156 valence electrons. The third-order valence-corrected chi connectivity index (χ3v) is 5.91. The Kier molecular flexibility index (Phi) is 3.98. The van der Waals surface area contributed by atoms with Gasteiger partial charge in [-0.2, -0.15) is 9.49 Å². The Morgan fingerprint density at radius 2 is 1.91 bits per heavy atom. The standard InChI is InChI=1S/C21H12F2N8S/c22-14-2-1-13(32-14)18-17-12(3-4-26-18)28-21(29-17)19-15-16(23)11(8-27-20(15)31-30-19)9-5-10(24)7-25-6-9/h1-8H,24H2,(H,28,29)(H,27,30,31). The van der Waals surface area contributed by atoms with Crippen LogP contribution in [0.15, 0.2) is 49.1 Å². The van der Waals surface area contributed by atoms with Gasteiger partial charge in [0.2, 0.25) is 0 Å². The van der Waals surface area contributed by atoms with E-state index in [1.54, 1.807) is 24.4 Å². The minimum atomic E-state index is -0.523. The summed E-state index contributed by atoms with van der Waals surface area (Å²) < 4.78 is 29.2. The van der Waals surface area contributed by atoms with Crippen molar-refractivity contribution in [1.29, 1.82) is 0 Å². The fourth-order valence-corrected chi connectivity index (χ4v) is 4.33. The van der Waals surface area contributed by atoms with E-state index in [1.807, 2.05) is 0 Å². The lowest BCUT2D eigenvalue weighted by Crippen LogP contribution is -1.93. The number of nitrogens with two attached hydrogens (primary N) is 1. The van der Waals surface area contributed by atoms with Gasteiger partial charge in [-0.15, -0.1) is 11.3 Å². The molecule has 32 heavy (non-hydrogen) atoms. The zero-order valence-corrected chi connectivity index (χ0v) is 16.9. The number of halogens is 2. The van der Waals surface area contributed by atoms with E-state index in [0.717, 1.165) is 11.3 Å². The van der Waals surface area contributed by atoms with E-state index in [1.165, 1.54) is 24.7 Å². The molecule has 0 atom stereocenters. The number of fused-ring (bicyclic) bond motifs is 2. The average Bonchev–Trinajstić information content (AvgIpc) is 3.51. The lowest BCUT2D eigenvalue weighted by Gasteiger charge is -2.05. The first-order chi connectivity index (χ1) is 15.6. The molecular formula is C21H12F2N8S. The van der Waals surface area contributed by atoms with Crippen molar-refractivity contribution in [2.24, 2.45) is 0 Å². The van der Waals surface area contributed by atoms with Gasteiger partial charge in [0.05, 0.1) is 21.5 Å². The molecule has 0 fully saturated rings. The second-order valence-corrected chi connectivity index (χ2v) is 8.07. The molecule has 6 heterocycles. The van der Waals surface area contributed by atoms with E-state index in [0.29, 0.717) is 38.7 Å². The summed E-state index contributed by atoms with van der Waals surface area (Å²) in [5, 5.41) is 6.85. The molecule has 8 nitrogen and oxygen atoms in total. The second-order valence-electron chi connectivity index (χ2n) is 7.03. The average molecular weight is 446 g/mol. The summed E-state index contributed by atoms with van der Waals surface area (Å²) in [6, 6.07) is 6.39. The summed E-state index contributed by atoms with van der Waals surface area (Å²) in [7, 11) is 0. The van der Waals surface area contributed by atoms with Crippen LogP contribution in [0, 0.1) is 10.9 Å². The molecule has 0 unspecified atom stereocenters. The first-order valence-corrected chi connectivity index (χ1v) is 10.2. The summed E-state index contributed by atoms with van der Waals surface area (Å²) in [4.78, 5) is 21.1. The second kappa shape index (κ2) is 6.89. The summed E-state index contributed by atoms with van der Waals surface area (Å²) >= 11 is 0.977. The predicted molar refractivity (Wildman–Crippen MR) is 118 cm³/mol. The van der Waals surface area contributed by atoms with Gasteiger partial charge in [0.15, 0.2) is 16.6 Å². The summed E-state index contributed by atoms with van der Waals surface area (Å²) in [5.74, 6) is -0.189. The van der Waals surface area contributed by atoms with Crippen molar-refractivity contribution in [1.82, 2.24) is 35.1 Å². The number of nitrogens with zero attached hydrogens (tertiary/aromatic N) is 5. The van der Waals surface area contributed by atoms with Crippen molar-refractivity contribution in [3.63, 3.8) is 0 Å². The molecule has 0 saturated carbocycles. The molecule has 0 radical (unpaired) electrons. The first-order valence-electron chi connectivity index (χ1n) is 9.43. The molecule has 0 aromatic carbocycles. The van der Waals surface area contributed by atoms with Gasteiger partial charge in [-0.1, -0.05) is 0 Å². The number of nitrogens with one attached hydrogen (secondary N) is 2. The topological polar surface area (TPSA) is 122 Å². The number of anilines is 1. The highest BCUT2D eigenvalue weighted by atomic mass is 32.1. The van der Waals surface area contributed by atoms with Crippen molar-refractivity contribution in [2.75, 3.05) is 5.73 Å². The fourth-order valence-electron chi connectivity index (χ4n) is 3.60. The van der Waals surface area contributed by atoms with Crippen molar-refractivity contribution >= 4 is 39.1 Å². The minimum Gasteiger partial charge on any atom is -0.397 e. The molecule has 0 aliphatic rings. The van der Waals surface area contributed by atoms with Crippen LogP contribution < -0.4 is 5.73 Å². The number of aromatic amines is 2. The Balaban J connectivity index is 1.55. The van der Waals surface area contributed by atoms with E-state index in [4.69, 9.17) is 5.73 Å². The van der Waals surface area contributed by atoms with Gasteiger partial charge in [-0.3, -0.25) is 15.1 Å². The zero-order chi connectivity index (χ0) is 21.8. The fraction of sp³-hybridized carbons (Fsp3) is 0. The molecule has 6 aromatic heterocycles. The van der Waals surface area contributed by atoms with Crippen LogP contribution in [0.5, 0.6) is 0 Å². The largest absolute Gasteiger partial charge is 0.397 e. The van der Waals surface area contributed by atoms with Crippen molar-refractivity contribution < 1.29 is 8.78 Å². The molecule has 0 amide bonds. The van der Waals surface area contributed by atoms with Gasteiger partial charge in [-0.25, -0.2) is 14.4 Å². The highest BCUT2D eigenvalue weighted by molar-refractivity contribution is 7.13. The van der Waals surface area contributed by atoms with Crippen LogP contribution in [0.3, 0.4) is 0 Å². The van der Waals surface area contributed by atoms with E-state index < -0.39 is 5.82 Å². The highest BCUT2D eigenvalue weighted by Gasteiger charge is 2.21. The van der Waals surface area contributed by atoms with E-state index in [2.05, 4.69) is 35.1 Å². The number of nitrogen functional groups attached to an aromatic ring is 1. The van der Waals surface area contributed by atoms with Crippen molar-refractivity contribution in [2.45, 2.75) is 0 Å². The minimum absolute atomic E-state index is 0.181. The highest BCUT2D eigenvalue weighted by Crippen LogP contribution is 2.35. The van der Waals surface area contributed by atoms with Gasteiger partial charge in [-0.05, 0) is 24.3 Å². The van der Waals surface area contributed by atoms with Gasteiger partial charge < -0.3 is 10.7 Å². The van der Waals surface area contributed by atoms with E-state index >= 15 is 4.39 Å². The van der Waals surface area contributed by atoms with Crippen LogP contribution in [-0.4, -0.2) is 35.1 Å². The van der Waals surface area contributed by atoms with E-state index in [-0.39, 0.29) is 27.4 Å². The number of imidazole rings is 1. The quantitative estimate of drug-likeness (QED) is 0.367. The monoisotopic (exact) mass is 446 g/mol. The Labute approximate surface area is 182 Å². The van der Waals surface area contributed by atoms with Gasteiger partial charge in [0.1, 0.15) is 22.7 Å². The van der Waals surface area contributed by atoms with Crippen LogP contribution in [-0.2, 0) is 0 Å². The van der Waals surface area contributed by atoms with Gasteiger partial charge in [0.25, 0.3) is 0 Å². The molecule has 0 aliphatic carbocycles. The number of aromatic nitrogens is 7. The normalized spacial score (nSPS) is 11.6. The molecule has 0 bridgehead atoms. The Bertz CT molecular complexity index is 1630. The van der Waals surface area contributed by atoms with Crippen LogP contribution in [0.25, 0.3) is 55.3 Å². The summed E-state index contributed by atoms with van der Waals surface area (Å²) in [6.07, 6.45) is 6.01. The van der Waals surface area contributed by atoms with Crippen molar-refractivity contribution in [3.8, 4) is 33.2 Å². The number of H-pyrrole nitrogens is 2. The molecule has 4 N–H and O–H groups in total. The SMILES string of the molecule is Nc1cncc(-c2cnc3[nH]nc(-c4nc5c(-c6ccc(F)s6)nccc5[nH]4)c3c2F)c1. The third kappa shape index (κ3) is 2.82. The van der Waals surface area contributed by atoms with Crippen LogP contribution >= 0.6 is 11.3 Å². The molecule has 0 saturated heterocycles. The molecule has 6 rings (SSSR count). The number of hydrogen-bond donors (Lipinski definition) is 3. The molecule has 6 aromatic rings. The lowest BCUT2D eigenvalue weighted by atomic mass is 10.1. The lowest BCUT2D eigenvalue weighted by molar-refractivity contribution is 0.642. The molecule has 0 spiro atoms. The van der Waals surface area contributed by atoms with Crippen molar-refractivity contribution in [3.05, 3.63) is 60.0 Å².